The summed E-state index contributed by atoms with van der Waals surface area (Å²) >= 11 is 5.64. The molecule has 1 aliphatic heterocycles. The molecular formula is C22H29FN7O6PS. The number of imidazole rings is 1. The van der Waals surface area contributed by atoms with Crippen molar-refractivity contribution >= 4 is 47.3 Å². The van der Waals surface area contributed by atoms with Crippen LogP contribution in [0.4, 0.5) is 16.2 Å². The summed E-state index contributed by atoms with van der Waals surface area (Å²) in [6, 6.07) is 7.75. The predicted molar refractivity (Wildman–Crippen MR) is 141 cm³/mol. The topological polar surface area (TPSA) is 168 Å². The molecule has 4 rings (SSSR count). The summed E-state index contributed by atoms with van der Waals surface area (Å²) in [7, 11) is 2.88. The van der Waals surface area contributed by atoms with Crippen molar-refractivity contribution < 1.29 is 32.8 Å². The van der Waals surface area contributed by atoms with E-state index >= 15 is 4.39 Å². The van der Waals surface area contributed by atoms with Gasteiger partial charge in [-0.1, -0.05) is 18.2 Å². The van der Waals surface area contributed by atoms with E-state index in [1.807, 2.05) is 0 Å². The highest BCUT2D eigenvalue weighted by Gasteiger charge is 2.55. The van der Waals surface area contributed by atoms with Crippen LogP contribution in [0.2, 0.25) is 0 Å². The molecule has 0 aliphatic carbocycles. The van der Waals surface area contributed by atoms with Gasteiger partial charge < -0.3 is 34.7 Å². The number of carbonyl (C=O) groups is 1. The van der Waals surface area contributed by atoms with E-state index in [0.717, 1.165) is 0 Å². The SMILES string of the molecule is CNc1nc(N)nc2c1ncn2[C@@H]1O[C@H](CO[P@](=S)(N[C@H](C)C(=O)OC)Oc2ccccc2)[C@@H](O)[C@@]1(C)F. The molecule has 13 nitrogen and oxygen atoms in total. The van der Waals surface area contributed by atoms with Crippen LogP contribution < -0.4 is 20.7 Å². The second-order valence-corrected chi connectivity index (χ2v) is 11.8. The Labute approximate surface area is 223 Å². The number of fused-ring (bicyclic) bond motifs is 1. The van der Waals surface area contributed by atoms with Gasteiger partial charge in [0.1, 0.15) is 24.0 Å². The first kappa shape index (κ1) is 28.1. The van der Waals surface area contributed by atoms with Crippen LogP contribution in [0.15, 0.2) is 36.7 Å². The fourth-order valence-corrected chi connectivity index (χ4v) is 6.40. The van der Waals surface area contributed by atoms with Gasteiger partial charge in [0.05, 0.1) is 20.0 Å². The van der Waals surface area contributed by atoms with Gasteiger partial charge in [-0.05, 0) is 37.8 Å². The molecule has 206 valence electrons. The van der Waals surface area contributed by atoms with Gasteiger partial charge in [-0.15, -0.1) is 0 Å². The summed E-state index contributed by atoms with van der Waals surface area (Å²) < 4.78 is 39.8. The number of aromatic nitrogens is 4. The molecular weight excluding hydrogens is 540 g/mol. The van der Waals surface area contributed by atoms with E-state index in [-0.39, 0.29) is 18.2 Å². The number of nitrogens with two attached hydrogens (primary N) is 1. The van der Waals surface area contributed by atoms with Gasteiger partial charge in [0, 0.05) is 7.05 Å². The van der Waals surface area contributed by atoms with Gasteiger partial charge in [0.25, 0.3) is 0 Å². The van der Waals surface area contributed by atoms with Gasteiger partial charge >= 0.3 is 12.6 Å². The third-order valence-electron chi connectivity index (χ3n) is 5.93. The quantitative estimate of drug-likeness (QED) is 0.207. The van der Waals surface area contributed by atoms with Crippen LogP contribution in [0.5, 0.6) is 5.75 Å². The maximum absolute atomic E-state index is 15.9. The van der Waals surface area contributed by atoms with Crippen molar-refractivity contribution in [3.8, 4) is 5.75 Å². The highest BCUT2D eigenvalue weighted by atomic mass is 32.5. The number of carbonyl (C=O) groups excluding carboxylic acids is 1. The average Bonchev–Trinajstić information content (AvgIpc) is 3.39. The molecule has 0 spiro atoms. The zero-order valence-electron chi connectivity index (χ0n) is 21.1. The van der Waals surface area contributed by atoms with Crippen molar-refractivity contribution in [2.24, 2.45) is 0 Å². The zero-order valence-corrected chi connectivity index (χ0v) is 22.8. The number of hydrogen-bond donors (Lipinski definition) is 4. The van der Waals surface area contributed by atoms with Crippen LogP contribution in [0.1, 0.15) is 20.1 Å². The van der Waals surface area contributed by atoms with Crippen LogP contribution in [0.25, 0.3) is 11.2 Å². The van der Waals surface area contributed by atoms with Crippen LogP contribution in [0, 0.1) is 0 Å². The lowest BCUT2D eigenvalue weighted by Gasteiger charge is -2.27. The number of alkyl halides is 1. The zero-order chi connectivity index (χ0) is 27.7. The van der Waals surface area contributed by atoms with Crippen molar-refractivity contribution in [3.63, 3.8) is 0 Å². The van der Waals surface area contributed by atoms with Crippen molar-refractivity contribution in [2.45, 2.75) is 44.0 Å². The number of methoxy groups -OCH3 is 1. The normalized spacial score (nSPS) is 25.6. The molecule has 0 saturated carbocycles. The maximum atomic E-state index is 15.9. The molecule has 0 unspecified atom stereocenters. The molecule has 1 saturated heterocycles. The number of aliphatic hydroxyl groups excluding tert-OH is 1. The summed E-state index contributed by atoms with van der Waals surface area (Å²) in [6.45, 7) is -1.03. The minimum absolute atomic E-state index is 0.0489. The van der Waals surface area contributed by atoms with Gasteiger partial charge in [0.15, 0.2) is 28.9 Å². The summed E-state index contributed by atoms with van der Waals surface area (Å²) in [4.78, 5) is 24.5. The summed E-state index contributed by atoms with van der Waals surface area (Å²) in [5, 5.41) is 16.6. The van der Waals surface area contributed by atoms with Gasteiger partial charge in [0.2, 0.25) is 5.95 Å². The molecule has 3 heterocycles. The fraction of sp³-hybridized carbons (Fsp3) is 0.455. The number of para-hydroxylation sites is 1. The molecule has 1 aliphatic rings. The van der Waals surface area contributed by atoms with E-state index in [4.69, 9.17) is 36.1 Å². The van der Waals surface area contributed by atoms with E-state index in [2.05, 4.69) is 25.4 Å². The number of benzene rings is 1. The van der Waals surface area contributed by atoms with E-state index in [1.165, 1.54) is 31.9 Å². The molecule has 16 heteroatoms. The van der Waals surface area contributed by atoms with Gasteiger partial charge in [-0.25, -0.2) is 14.5 Å². The molecule has 38 heavy (non-hydrogen) atoms. The molecule has 0 radical (unpaired) electrons. The number of nitrogen functional groups attached to an aromatic ring is 1. The fourth-order valence-electron chi connectivity index (χ4n) is 3.98. The summed E-state index contributed by atoms with van der Waals surface area (Å²) in [5.41, 5.74) is 4.10. The molecule has 2 aromatic heterocycles. The number of hydrogen-bond acceptors (Lipinski definition) is 12. The number of ether oxygens (including phenoxy) is 2. The Morgan fingerprint density at radius 1 is 1.39 bits per heavy atom. The molecule has 1 aromatic carbocycles. The largest absolute Gasteiger partial charge is 0.468 e. The Morgan fingerprint density at radius 2 is 2.11 bits per heavy atom. The summed E-state index contributed by atoms with van der Waals surface area (Å²) in [6.07, 6.45) is -2.77. The molecule has 0 amide bonds. The maximum Gasteiger partial charge on any atom is 0.323 e. The minimum atomic E-state index is -3.42. The van der Waals surface area contributed by atoms with Crippen molar-refractivity contribution in [1.29, 1.82) is 0 Å². The summed E-state index contributed by atoms with van der Waals surface area (Å²) in [5.74, 6) is 0.119. The number of rotatable bonds is 10. The van der Waals surface area contributed by atoms with Crippen LogP contribution in [-0.4, -0.2) is 75.3 Å². The van der Waals surface area contributed by atoms with Crippen molar-refractivity contribution in [2.75, 3.05) is 31.8 Å². The number of esters is 1. The molecule has 6 atom stereocenters. The van der Waals surface area contributed by atoms with Crippen LogP contribution >= 0.6 is 6.64 Å². The second kappa shape index (κ2) is 11.0. The minimum Gasteiger partial charge on any atom is -0.468 e. The van der Waals surface area contributed by atoms with E-state index in [9.17, 15) is 9.90 Å². The second-order valence-electron chi connectivity index (χ2n) is 8.70. The highest BCUT2D eigenvalue weighted by Crippen LogP contribution is 2.48. The number of aliphatic hydroxyl groups is 1. The lowest BCUT2D eigenvalue weighted by atomic mass is 9.98. The van der Waals surface area contributed by atoms with Crippen molar-refractivity contribution in [3.05, 3.63) is 36.7 Å². The van der Waals surface area contributed by atoms with E-state index in [0.29, 0.717) is 17.1 Å². The Hall–Kier alpha value is -2.94. The number of nitrogens with zero attached hydrogens (tertiary/aromatic N) is 4. The number of nitrogens with one attached hydrogen (secondary N) is 2. The number of anilines is 2. The lowest BCUT2D eigenvalue weighted by molar-refractivity contribution is -0.142. The molecule has 3 aromatic rings. The number of halogens is 1. The van der Waals surface area contributed by atoms with Gasteiger partial charge in [-0.3, -0.25) is 9.36 Å². The first-order valence-corrected chi connectivity index (χ1v) is 14.2. The van der Waals surface area contributed by atoms with Crippen molar-refractivity contribution in [1.82, 2.24) is 24.6 Å². The molecule has 5 N–H and O–H groups in total. The Bertz CT molecular complexity index is 1350. The van der Waals surface area contributed by atoms with Crippen LogP contribution in [0.3, 0.4) is 0 Å². The van der Waals surface area contributed by atoms with E-state index in [1.54, 1.807) is 37.4 Å². The van der Waals surface area contributed by atoms with Crippen LogP contribution in [-0.2, 0) is 30.6 Å². The van der Waals surface area contributed by atoms with Gasteiger partial charge in [-0.2, -0.15) is 9.97 Å². The average molecular weight is 570 g/mol. The standard InChI is InChI=1S/C22H29FN7O6PS/c1-12(19(32)33-4)29-37(38,36-13-8-6-5-7-9-13)34-10-14-16(31)22(2,23)20(35-14)30-11-26-15-17(25-3)27-21(24)28-18(15)30/h5-9,11-12,14,16,20,31H,10H2,1-4H3,(H,29,38)(H3,24,25,27,28)/t12-,14-,16-,20-,22-,37-/m1/s1. The Balaban J connectivity index is 1.57. The highest BCUT2D eigenvalue weighted by molar-refractivity contribution is 8.09. The third kappa shape index (κ3) is 5.58. The first-order chi connectivity index (χ1) is 18.0. The molecule has 1 fully saturated rings. The smallest absolute Gasteiger partial charge is 0.323 e. The monoisotopic (exact) mass is 569 g/mol. The third-order valence-corrected chi connectivity index (χ3v) is 8.43. The first-order valence-electron chi connectivity index (χ1n) is 11.5. The Kier molecular flexibility index (Phi) is 8.16. The Morgan fingerprint density at radius 3 is 2.76 bits per heavy atom. The molecule has 0 bridgehead atoms. The van der Waals surface area contributed by atoms with E-state index < -0.39 is 42.8 Å². The lowest BCUT2D eigenvalue weighted by Crippen LogP contribution is -2.41. The predicted octanol–water partition coefficient (Wildman–Crippen LogP) is 1.91.